The zero-order valence-corrected chi connectivity index (χ0v) is 16.5. The third-order valence-corrected chi connectivity index (χ3v) is 5.67. The third-order valence-electron chi connectivity index (χ3n) is 5.00. The molecule has 2 aliphatic heterocycles. The van der Waals surface area contributed by atoms with Crippen LogP contribution in [0.25, 0.3) is 0 Å². The van der Waals surface area contributed by atoms with Crippen LogP contribution >= 0.6 is 15.9 Å². The van der Waals surface area contributed by atoms with Crippen LogP contribution in [0, 0.1) is 5.92 Å². The first-order chi connectivity index (χ1) is 13.4. The first-order valence-electron chi connectivity index (χ1n) is 8.69. The highest BCUT2D eigenvalue weighted by molar-refractivity contribution is 9.10. The minimum Gasteiger partial charge on any atom is -0.326 e. The molecule has 142 valence electrons. The summed E-state index contributed by atoms with van der Waals surface area (Å²) in [4.78, 5) is 51.8. The summed E-state index contributed by atoms with van der Waals surface area (Å²) < 4.78 is 0.787. The van der Waals surface area contributed by atoms with Crippen LogP contribution in [0.2, 0.25) is 0 Å². The molecular weight excluding hydrogens is 426 g/mol. The van der Waals surface area contributed by atoms with Gasteiger partial charge in [0, 0.05) is 30.2 Å². The van der Waals surface area contributed by atoms with Gasteiger partial charge in [0.15, 0.2) is 0 Å². The van der Waals surface area contributed by atoms with Gasteiger partial charge >= 0.3 is 0 Å². The monoisotopic (exact) mass is 441 g/mol. The Morgan fingerprint density at radius 1 is 1.07 bits per heavy atom. The molecule has 0 aliphatic carbocycles. The Hall–Kier alpha value is -3.00. The molecule has 0 saturated carbocycles. The highest BCUT2D eigenvalue weighted by atomic mass is 79.9. The Morgan fingerprint density at radius 2 is 1.79 bits per heavy atom. The van der Waals surface area contributed by atoms with Crippen LogP contribution in [-0.4, -0.2) is 42.1 Å². The molecule has 2 aromatic carbocycles. The van der Waals surface area contributed by atoms with Crippen LogP contribution in [0.5, 0.6) is 0 Å². The average molecular weight is 442 g/mol. The maximum Gasteiger partial charge on any atom is 0.261 e. The molecule has 2 aromatic rings. The number of carbonyl (C=O) groups is 4. The molecule has 1 unspecified atom stereocenters. The molecule has 4 amide bonds. The van der Waals surface area contributed by atoms with E-state index in [2.05, 4.69) is 21.2 Å². The molecule has 28 heavy (non-hydrogen) atoms. The van der Waals surface area contributed by atoms with E-state index in [1.807, 2.05) is 24.3 Å². The van der Waals surface area contributed by atoms with Crippen LogP contribution in [0.1, 0.15) is 27.1 Å². The van der Waals surface area contributed by atoms with E-state index in [0.717, 1.165) is 15.1 Å². The Morgan fingerprint density at radius 3 is 2.54 bits per heavy atom. The van der Waals surface area contributed by atoms with Gasteiger partial charge in [0.1, 0.15) is 0 Å². The van der Waals surface area contributed by atoms with Crippen LogP contribution in [0.15, 0.2) is 46.9 Å². The van der Waals surface area contributed by atoms with Crippen LogP contribution in [-0.2, 0) is 9.59 Å². The summed E-state index contributed by atoms with van der Waals surface area (Å²) in [6, 6.07) is 12.0. The van der Waals surface area contributed by atoms with E-state index in [9.17, 15) is 19.2 Å². The van der Waals surface area contributed by atoms with E-state index >= 15 is 0 Å². The average Bonchev–Trinajstić information content (AvgIpc) is 3.16. The quantitative estimate of drug-likeness (QED) is 0.741. The fraction of sp³-hybridized carbons (Fsp3) is 0.200. The van der Waals surface area contributed by atoms with E-state index in [4.69, 9.17) is 0 Å². The summed E-state index contributed by atoms with van der Waals surface area (Å²) in [6.45, 7) is 0.276. The van der Waals surface area contributed by atoms with Crippen molar-refractivity contribution in [2.75, 3.05) is 23.8 Å². The van der Waals surface area contributed by atoms with Crippen molar-refractivity contribution in [2.24, 2.45) is 5.92 Å². The van der Waals surface area contributed by atoms with Gasteiger partial charge in [-0.1, -0.05) is 12.1 Å². The molecule has 1 N–H and O–H groups in total. The van der Waals surface area contributed by atoms with Gasteiger partial charge in [-0.2, -0.15) is 0 Å². The lowest BCUT2D eigenvalue weighted by molar-refractivity contribution is -0.122. The molecule has 0 bridgehead atoms. The second kappa shape index (κ2) is 6.87. The Kier molecular flexibility index (Phi) is 4.50. The van der Waals surface area contributed by atoms with Gasteiger partial charge in [0.05, 0.1) is 22.7 Å². The van der Waals surface area contributed by atoms with Gasteiger partial charge in [0.2, 0.25) is 11.8 Å². The number of fused-ring (bicyclic) bond motifs is 1. The zero-order valence-electron chi connectivity index (χ0n) is 14.9. The number of amides is 4. The Bertz CT molecular complexity index is 1040. The molecule has 0 aromatic heterocycles. The zero-order chi connectivity index (χ0) is 20.0. The lowest BCUT2D eigenvalue weighted by Gasteiger charge is -2.18. The first-order valence-corrected chi connectivity index (χ1v) is 9.48. The maximum atomic E-state index is 12.7. The van der Waals surface area contributed by atoms with Crippen LogP contribution < -0.4 is 10.2 Å². The lowest BCUT2D eigenvalue weighted by atomic mass is 10.1. The van der Waals surface area contributed by atoms with Gasteiger partial charge in [0.25, 0.3) is 11.8 Å². The number of para-hydroxylation sites is 1. The second-order valence-electron chi connectivity index (χ2n) is 6.78. The largest absolute Gasteiger partial charge is 0.326 e. The van der Waals surface area contributed by atoms with Crippen molar-refractivity contribution in [1.29, 1.82) is 0 Å². The molecule has 8 heteroatoms. The summed E-state index contributed by atoms with van der Waals surface area (Å²) >= 11 is 3.43. The van der Waals surface area contributed by atoms with E-state index in [1.54, 1.807) is 11.0 Å². The summed E-state index contributed by atoms with van der Waals surface area (Å²) in [5, 5.41) is 2.76. The van der Waals surface area contributed by atoms with E-state index in [0.29, 0.717) is 11.3 Å². The number of anilines is 2. The molecule has 0 radical (unpaired) electrons. The number of imide groups is 1. The Balaban J connectivity index is 1.50. The topological polar surface area (TPSA) is 86.8 Å². The van der Waals surface area contributed by atoms with Crippen molar-refractivity contribution in [3.8, 4) is 0 Å². The number of rotatable bonds is 3. The Labute approximate surface area is 169 Å². The summed E-state index contributed by atoms with van der Waals surface area (Å²) in [6.07, 6.45) is 0.109. The summed E-state index contributed by atoms with van der Waals surface area (Å²) in [5.41, 5.74) is 1.74. The fourth-order valence-corrected chi connectivity index (χ4v) is 3.97. The predicted molar refractivity (Wildman–Crippen MR) is 106 cm³/mol. The number of hydrogen-bond donors (Lipinski definition) is 1. The maximum absolute atomic E-state index is 12.7. The van der Waals surface area contributed by atoms with Crippen molar-refractivity contribution in [2.45, 2.75) is 6.42 Å². The van der Waals surface area contributed by atoms with E-state index in [-0.39, 0.29) is 36.3 Å². The molecule has 0 spiro atoms. The van der Waals surface area contributed by atoms with Gasteiger partial charge in [-0.15, -0.1) is 0 Å². The molecule has 7 nitrogen and oxygen atoms in total. The molecule has 4 rings (SSSR count). The van der Waals surface area contributed by atoms with Gasteiger partial charge in [-0.25, -0.2) is 0 Å². The molecule has 1 fully saturated rings. The number of halogens is 1. The summed E-state index contributed by atoms with van der Waals surface area (Å²) in [7, 11) is 1.42. The van der Waals surface area contributed by atoms with Crippen LogP contribution in [0.3, 0.4) is 0 Å². The van der Waals surface area contributed by atoms with E-state index in [1.165, 1.54) is 19.2 Å². The number of nitrogens with zero attached hydrogens (tertiary/aromatic N) is 2. The van der Waals surface area contributed by atoms with Crippen molar-refractivity contribution >= 4 is 50.9 Å². The highest BCUT2D eigenvalue weighted by Gasteiger charge is 2.36. The summed E-state index contributed by atoms with van der Waals surface area (Å²) in [5.74, 6) is -1.68. The van der Waals surface area contributed by atoms with Crippen molar-refractivity contribution in [3.63, 3.8) is 0 Å². The molecular formula is C20H16BrN3O4. The van der Waals surface area contributed by atoms with Gasteiger partial charge in [-0.05, 0) is 46.3 Å². The van der Waals surface area contributed by atoms with Crippen molar-refractivity contribution in [3.05, 3.63) is 58.1 Å². The van der Waals surface area contributed by atoms with E-state index < -0.39 is 11.8 Å². The smallest absolute Gasteiger partial charge is 0.261 e. The number of benzene rings is 2. The molecule has 2 aliphatic rings. The first kappa shape index (κ1) is 18.4. The van der Waals surface area contributed by atoms with Gasteiger partial charge < -0.3 is 10.2 Å². The minimum absolute atomic E-state index is 0.109. The second-order valence-corrected chi connectivity index (χ2v) is 7.63. The highest BCUT2D eigenvalue weighted by Crippen LogP contribution is 2.32. The third kappa shape index (κ3) is 2.99. The normalized spacial score (nSPS) is 18.6. The number of hydrogen-bond acceptors (Lipinski definition) is 4. The molecule has 1 saturated heterocycles. The molecule has 2 heterocycles. The minimum atomic E-state index is -0.507. The fourth-order valence-electron chi connectivity index (χ4n) is 3.47. The number of carbonyl (C=O) groups excluding carboxylic acids is 4. The lowest BCUT2D eigenvalue weighted by Crippen LogP contribution is -2.28. The van der Waals surface area contributed by atoms with Gasteiger partial charge in [-0.3, -0.25) is 24.1 Å². The van der Waals surface area contributed by atoms with Crippen molar-refractivity contribution in [1.82, 2.24) is 4.90 Å². The van der Waals surface area contributed by atoms with Crippen LogP contribution in [0.4, 0.5) is 11.4 Å². The predicted octanol–water partition coefficient (Wildman–Crippen LogP) is 2.67. The standard InChI is InChI=1S/C20H16BrN3O4/c1-23-19(27)13-7-6-12(9-14(13)20(23)28)22-18(26)11-8-17(25)24(10-11)16-5-3-2-4-15(16)21/h2-7,9,11H,8,10H2,1H3,(H,22,26). The molecule has 1 atom stereocenters. The van der Waals surface area contributed by atoms with Crippen molar-refractivity contribution < 1.29 is 19.2 Å². The SMILES string of the molecule is CN1C(=O)c2ccc(NC(=O)C3CC(=O)N(c4ccccc4Br)C3)cc2C1=O. The number of nitrogens with one attached hydrogen (secondary N) is 1.